The van der Waals surface area contributed by atoms with Gasteiger partial charge >= 0.3 is 0 Å². The van der Waals surface area contributed by atoms with Crippen molar-refractivity contribution in [2.24, 2.45) is 4.99 Å². The van der Waals surface area contributed by atoms with E-state index >= 15 is 0 Å². The second-order valence-electron chi connectivity index (χ2n) is 4.25. The van der Waals surface area contributed by atoms with Crippen LogP contribution in [0.25, 0.3) is 0 Å². The minimum atomic E-state index is -3.61. The average Bonchev–Trinajstić information content (AvgIpc) is 2.35. The van der Waals surface area contributed by atoms with Gasteiger partial charge < -0.3 is 0 Å². The molecule has 1 aliphatic carbocycles. The largest absolute Gasteiger partial charge is 0.292 e. The standard InChI is InChI=1S/C12H9NO4S/c14-10-7-3-1-2-4-8(7)11(15)12-9(10)13-5-6-18(12,16)17/h1-4,12H,5-6H2. The van der Waals surface area contributed by atoms with Crippen molar-refractivity contribution in [2.45, 2.75) is 5.25 Å². The maximum absolute atomic E-state index is 12.2. The molecule has 0 N–H and O–H groups in total. The number of hydrogen-bond acceptors (Lipinski definition) is 5. The summed E-state index contributed by atoms with van der Waals surface area (Å²) in [6.07, 6.45) is 0. The van der Waals surface area contributed by atoms with Crippen molar-refractivity contribution >= 4 is 27.1 Å². The molecular formula is C12H9NO4S. The van der Waals surface area contributed by atoms with Gasteiger partial charge in [-0.2, -0.15) is 0 Å². The summed E-state index contributed by atoms with van der Waals surface area (Å²) < 4.78 is 23.9. The third-order valence-electron chi connectivity index (χ3n) is 3.17. The molecule has 0 saturated carbocycles. The second kappa shape index (κ2) is 3.58. The van der Waals surface area contributed by atoms with E-state index in [-0.39, 0.29) is 29.1 Å². The van der Waals surface area contributed by atoms with Gasteiger partial charge in [0, 0.05) is 11.1 Å². The van der Waals surface area contributed by atoms with Crippen LogP contribution >= 0.6 is 0 Å². The van der Waals surface area contributed by atoms with Crippen LogP contribution in [-0.2, 0) is 9.84 Å². The maximum atomic E-state index is 12.2. The van der Waals surface area contributed by atoms with E-state index in [0.717, 1.165) is 0 Å². The second-order valence-corrected chi connectivity index (χ2v) is 6.46. The topological polar surface area (TPSA) is 80.6 Å². The number of ketones is 2. The van der Waals surface area contributed by atoms with E-state index < -0.39 is 26.7 Å². The van der Waals surface area contributed by atoms with Gasteiger partial charge in [0.1, 0.15) is 5.71 Å². The Morgan fingerprint density at radius 3 is 2.50 bits per heavy atom. The predicted octanol–water partition coefficient (Wildman–Crippen LogP) is 0.304. The first-order chi connectivity index (χ1) is 8.52. The molecule has 2 aliphatic rings. The molecular weight excluding hydrogens is 254 g/mol. The molecule has 18 heavy (non-hydrogen) atoms. The summed E-state index contributed by atoms with van der Waals surface area (Å²) in [5.41, 5.74) is 0.302. The lowest BCUT2D eigenvalue weighted by Gasteiger charge is -2.26. The smallest absolute Gasteiger partial charge is 0.209 e. The molecule has 0 fully saturated rings. The van der Waals surface area contributed by atoms with Gasteiger partial charge in [-0.3, -0.25) is 14.6 Å². The van der Waals surface area contributed by atoms with Crippen molar-refractivity contribution in [2.75, 3.05) is 12.3 Å². The number of sulfone groups is 1. The summed E-state index contributed by atoms with van der Waals surface area (Å²) in [6, 6.07) is 6.26. The van der Waals surface area contributed by atoms with Gasteiger partial charge in [-0.15, -0.1) is 0 Å². The van der Waals surface area contributed by atoms with Crippen molar-refractivity contribution < 1.29 is 18.0 Å². The first-order valence-electron chi connectivity index (χ1n) is 5.46. The summed E-state index contributed by atoms with van der Waals surface area (Å²) >= 11 is 0. The van der Waals surface area contributed by atoms with E-state index in [0.29, 0.717) is 0 Å². The number of Topliss-reactive ketones (excluding diaryl/α,β-unsaturated/α-hetero) is 2. The van der Waals surface area contributed by atoms with E-state index in [1.165, 1.54) is 12.1 Å². The van der Waals surface area contributed by atoms with Crippen LogP contribution in [0.15, 0.2) is 29.3 Å². The molecule has 1 unspecified atom stereocenters. The molecule has 0 spiro atoms. The van der Waals surface area contributed by atoms with Crippen LogP contribution in [-0.4, -0.2) is 43.2 Å². The highest BCUT2D eigenvalue weighted by Gasteiger charge is 2.47. The number of benzene rings is 1. The fraction of sp³-hybridized carbons (Fsp3) is 0.250. The normalized spacial score (nSPS) is 25.1. The van der Waals surface area contributed by atoms with Gasteiger partial charge in [0.25, 0.3) is 0 Å². The van der Waals surface area contributed by atoms with Gasteiger partial charge in [-0.1, -0.05) is 24.3 Å². The molecule has 0 bridgehead atoms. The van der Waals surface area contributed by atoms with Gasteiger partial charge in [0.2, 0.25) is 5.78 Å². The highest BCUT2D eigenvalue weighted by Crippen LogP contribution is 2.26. The SMILES string of the molecule is O=C1C2=NCCS(=O)(=O)C2C(=O)c2ccccc21. The van der Waals surface area contributed by atoms with Crippen LogP contribution < -0.4 is 0 Å². The Hall–Kier alpha value is -1.82. The van der Waals surface area contributed by atoms with Gasteiger partial charge in [-0.25, -0.2) is 8.42 Å². The van der Waals surface area contributed by atoms with Crippen LogP contribution in [0.2, 0.25) is 0 Å². The fourth-order valence-corrected chi connectivity index (χ4v) is 3.87. The summed E-state index contributed by atoms with van der Waals surface area (Å²) in [5, 5.41) is -1.39. The summed E-state index contributed by atoms with van der Waals surface area (Å²) in [4.78, 5) is 28.3. The Balaban J connectivity index is 2.31. The Bertz CT molecular complexity index is 703. The lowest BCUT2D eigenvalue weighted by atomic mass is 9.87. The van der Waals surface area contributed by atoms with Crippen molar-refractivity contribution in [3.8, 4) is 0 Å². The van der Waals surface area contributed by atoms with E-state index in [1.807, 2.05) is 0 Å². The van der Waals surface area contributed by atoms with Crippen LogP contribution in [0.3, 0.4) is 0 Å². The van der Waals surface area contributed by atoms with Crippen molar-refractivity contribution in [3.05, 3.63) is 35.4 Å². The number of carbonyl (C=O) groups excluding carboxylic acids is 2. The molecule has 1 heterocycles. The highest BCUT2D eigenvalue weighted by molar-refractivity contribution is 7.93. The number of carbonyl (C=O) groups is 2. The zero-order valence-corrected chi connectivity index (χ0v) is 10.1. The first-order valence-corrected chi connectivity index (χ1v) is 7.18. The summed E-state index contributed by atoms with van der Waals surface area (Å²) in [5.74, 6) is -1.16. The molecule has 92 valence electrons. The molecule has 0 aromatic heterocycles. The minimum absolute atomic E-state index is 0.0509. The van der Waals surface area contributed by atoms with E-state index in [9.17, 15) is 18.0 Å². The number of nitrogens with zero attached hydrogens (tertiary/aromatic N) is 1. The molecule has 5 nitrogen and oxygen atoms in total. The summed E-state index contributed by atoms with van der Waals surface area (Å²) in [6.45, 7) is 0.0509. The lowest BCUT2D eigenvalue weighted by Crippen LogP contribution is -2.50. The van der Waals surface area contributed by atoms with Gasteiger partial charge in [-0.05, 0) is 0 Å². The first kappa shape index (κ1) is 11.3. The van der Waals surface area contributed by atoms with Crippen molar-refractivity contribution in [3.63, 3.8) is 0 Å². The number of hydrogen-bond donors (Lipinski definition) is 0. The zero-order valence-electron chi connectivity index (χ0n) is 9.29. The Kier molecular flexibility index (Phi) is 2.25. The number of aliphatic imine (C=N–C) groups is 1. The third-order valence-corrected chi connectivity index (χ3v) is 5.08. The zero-order chi connectivity index (χ0) is 12.9. The van der Waals surface area contributed by atoms with Crippen LogP contribution in [0.5, 0.6) is 0 Å². The summed E-state index contributed by atoms with van der Waals surface area (Å²) in [7, 11) is -3.61. The third kappa shape index (κ3) is 1.38. The Morgan fingerprint density at radius 1 is 1.11 bits per heavy atom. The monoisotopic (exact) mass is 263 g/mol. The van der Waals surface area contributed by atoms with Crippen molar-refractivity contribution in [1.29, 1.82) is 0 Å². The molecule has 0 saturated heterocycles. The Labute approximate surface area is 103 Å². The van der Waals surface area contributed by atoms with Gasteiger partial charge in [0.15, 0.2) is 20.9 Å². The quantitative estimate of drug-likeness (QED) is 0.674. The molecule has 3 rings (SSSR count). The maximum Gasteiger partial charge on any atom is 0.209 e. The van der Waals surface area contributed by atoms with E-state index in [4.69, 9.17) is 0 Å². The molecule has 1 aromatic carbocycles. The van der Waals surface area contributed by atoms with Crippen LogP contribution in [0.4, 0.5) is 0 Å². The average molecular weight is 263 g/mol. The molecule has 0 amide bonds. The van der Waals surface area contributed by atoms with Crippen molar-refractivity contribution in [1.82, 2.24) is 0 Å². The predicted molar refractivity (Wildman–Crippen MR) is 65.0 cm³/mol. The van der Waals surface area contributed by atoms with Gasteiger partial charge in [0.05, 0.1) is 12.3 Å². The number of rotatable bonds is 0. The highest BCUT2D eigenvalue weighted by atomic mass is 32.2. The molecule has 0 radical (unpaired) electrons. The minimum Gasteiger partial charge on any atom is -0.292 e. The molecule has 6 heteroatoms. The lowest BCUT2D eigenvalue weighted by molar-refractivity contribution is 0.0966. The molecule has 1 aromatic rings. The van der Waals surface area contributed by atoms with E-state index in [1.54, 1.807) is 12.1 Å². The fourth-order valence-electron chi connectivity index (χ4n) is 2.32. The Morgan fingerprint density at radius 2 is 1.78 bits per heavy atom. The van der Waals surface area contributed by atoms with Crippen LogP contribution in [0.1, 0.15) is 20.7 Å². The van der Waals surface area contributed by atoms with E-state index in [2.05, 4.69) is 4.99 Å². The molecule has 1 aliphatic heterocycles. The van der Waals surface area contributed by atoms with Crippen LogP contribution in [0, 0.1) is 0 Å². The number of fused-ring (bicyclic) bond motifs is 2. The molecule has 1 atom stereocenters.